The van der Waals surface area contributed by atoms with E-state index in [0.717, 1.165) is 25.9 Å². The summed E-state index contributed by atoms with van der Waals surface area (Å²) in [5, 5.41) is 12.2. The Morgan fingerprint density at radius 2 is 2.05 bits per heavy atom. The van der Waals surface area contributed by atoms with Gasteiger partial charge < -0.3 is 15.3 Å². The van der Waals surface area contributed by atoms with Gasteiger partial charge in [-0.05, 0) is 31.2 Å². The third-order valence-corrected chi connectivity index (χ3v) is 3.52. The third kappa shape index (κ3) is 3.59. The van der Waals surface area contributed by atoms with E-state index in [-0.39, 0.29) is 5.92 Å². The smallest absolute Gasteiger partial charge is 0.326 e. The van der Waals surface area contributed by atoms with Crippen LogP contribution in [-0.2, 0) is 4.79 Å². The molecule has 0 aromatic carbocycles. The quantitative estimate of drug-likeness (QED) is 0.857. The molecule has 0 spiro atoms. The Morgan fingerprint density at radius 1 is 1.35 bits per heavy atom. The van der Waals surface area contributed by atoms with E-state index < -0.39 is 12.0 Å². The predicted molar refractivity (Wildman–Crippen MR) is 78.0 cm³/mol. The summed E-state index contributed by atoms with van der Waals surface area (Å²) in [5.41, 5.74) is 0. The van der Waals surface area contributed by atoms with Gasteiger partial charge in [0.15, 0.2) is 0 Å². The molecule has 0 unspecified atom stereocenters. The number of piperidine rings is 1. The van der Waals surface area contributed by atoms with Crippen LogP contribution in [0.5, 0.6) is 0 Å². The first-order chi connectivity index (χ1) is 9.58. The van der Waals surface area contributed by atoms with E-state index in [2.05, 4.69) is 20.2 Å². The summed E-state index contributed by atoms with van der Waals surface area (Å²) in [5.74, 6) is 0.378. The van der Waals surface area contributed by atoms with Crippen molar-refractivity contribution < 1.29 is 9.90 Å². The maximum atomic E-state index is 11.2. The summed E-state index contributed by atoms with van der Waals surface area (Å²) in [6, 6.07) is 1.07. The molecule has 2 heterocycles. The summed E-state index contributed by atoms with van der Waals surface area (Å²) in [7, 11) is 0. The van der Waals surface area contributed by atoms with Crippen molar-refractivity contribution in [2.75, 3.05) is 23.3 Å². The number of carboxylic acids is 1. The minimum absolute atomic E-state index is 0.0131. The van der Waals surface area contributed by atoms with Crippen LogP contribution in [0.3, 0.4) is 0 Å². The fourth-order valence-corrected chi connectivity index (χ4v) is 2.35. The Labute approximate surface area is 119 Å². The normalized spacial score (nSPS) is 17.1. The van der Waals surface area contributed by atoms with Crippen LogP contribution in [0.25, 0.3) is 0 Å². The molecule has 1 aliphatic heterocycles. The molecule has 0 bridgehead atoms. The van der Waals surface area contributed by atoms with Crippen molar-refractivity contribution in [1.29, 1.82) is 0 Å². The minimum atomic E-state index is -0.863. The van der Waals surface area contributed by atoms with Gasteiger partial charge in [-0.3, -0.25) is 0 Å². The summed E-state index contributed by atoms with van der Waals surface area (Å²) in [6.45, 7) is 5.68. The summed E-state index contributed by atoms with van der Waals surface area (Å²) < 4.78 is 0. The van der Waals surface area contributed by atoms with Gasteiger partial charge in [0.25, 0.3) is 0 Å². The van der Waals surface area contributed by atoms with Gasteiger partial charge >= 0.3 is 5.97 Å². The zero-order valence-corrected chi connectivity index (χ0v) is 12.0. The molecule has 0 aliphatic carbocycles. The number of aliphatic carboxylic acids is 1. The van der Waals surface area contributed by atoms with Crippen LogP contribution in [0.15, 0.2) is 12.3 Å². The number of anilines is 2. The number of aromatic nitrogens is 2. The lowest BCUT2D eigenvalue weighted by Gasteiger charge is -2.27. The lowest BCUT2D eigenvalue weighted by Crippen LogP contribution is -2.35. The molecular formula is C14H22N4O2. The van der Waals surface area contributed by atoms with Gasteiger partial charge in [-0.2, -0.15) is 4.98 Å². The molecule has 1 saturated heterocycles. The van der Waals surface area contributed by atoms with Crippen molar-refractivity contribution in [2.45, 2.75) is 39.2 Å². The van der Waals surface area contributed by atoms with Gasteiger partial charge in [-0.15, -0.1) is 0 Å². The third-order valence-electron chi connectivity index (χ3n) is 3.52. The highest BCUT2D eigenvalue weighted by Gasteiger charge is 2.22. The molecule has 6 nitrogen and oxygen atoms in total. The number of carboxylic acid groups (broad SMARTS) is 1. The monoisotopic (exact) mass is 278 g/mol. The minimum Gasteiger partial charge on any atom is -0.480 e. The highest BCUT2D eigenvalue weighted by Crippen LogP contribution is 2.18. The van der Waals surface area contributed by atoms with Crippen LogP contribution in [0.1, 0.15) is 33.1 Å². The van der Waals surface area contributed by atoms with E-state index >= 15 is 0 Å². The maximum absolute atomic E-state index is 11.2. The SMILES string of the molecule is CC(C)[C@H](Nc1ccnc(N2CCCCC2)n1)C(=O)O. The number of nitrogens with zero attached hydrogens (tertiary/aromatic N) is 3. The standard InChI is InChI=1S/C14H22N4O2/c1-10(2)12(13(19)20)16-11-6-7-15-14(17-11)18-8-4-3-5-9-18/h6-7,10,12H,3-5,8-9H2,1-2H3,(H,19,20)(H,15,16,17)/t12-/m0/s1. The molecule has 6 heteroatoms. The second-order valence-corrected chi connectivity index (χ2v) is 5.49. The number of carbonyl (C=O) groups is 1. The molecule has 1 atom stereocenters. The summed E-state index contributed by atoms with van der Waals surface area (Å²) in [4.78, 5) is 22.1. The summed E-state index contributed by atoms with van der Waals surface area (Å²) in [6.07, 6.45) is 5.25. The van der Waals surface area contributed by atoms with E-state index in [9.17, 15) is 9.90 Å². The Balaban J connectivity index is 2.10. The first-order valence-corrected chi connectivity index (χ1v) is 7.15. The first-order valence-electron chi connectivity index (χ1n) is 7.15. The Bertz CT molecular complexity index is 458. The average Bonchev–Trinajstić information content (AvgIpc) is 2.45. The fraction of sp³-hybridized carbons (Fsp3) is 0.643. The first kappa shape index (κ1) is 14.6. The van der Waals surface area contributed by atoms with Gasteiger partial charge in [0, 0.05) is 19.3 Å². The van der Waals surface area contributed by atoms with Crippen LogP contribution in [-0.4, -0.2) is 40.2 Å². The predicted octanol–water partition coefficient (Wildman–Crippen LogP) is 1.99. The highest BCUT2D eigenvalue weighted by molar-refractivity contribution is 5.77. The molecule has 2 rings (SSSR count). The van der Waals surface area contributed by atoms with Crippen LogP contribution in [0.4, 0.5) is 11.8 Å². The van der Waals surface area contributed by atoms with Crippen molar-refractivity contribution in [2.24, 2.45) is 5.92 Å². The second-order valence-electron chi connectivity index (χ2n) is 5.49. The van der Waals surface area contributed by atoms with Crippen molar-refractivity contribution >= 4 is 17.7 Å². The van der Waals surface area contributed by atoms with Gasteiger partial charge in [-0.25, -0.2) is 9.78 Å². The topological polar surface area (TPSA) is 78.4 Å². The Morgan fingerprint density at radius 3 is 2.65 bits per heavy atom. The molecule has 110 valence electrons. The van der Waals surface area contributed by atoms with Crippen LogP contribution >= 0.6 is 0 Å². The molecule has 0 amide bonds. The molecule has 2 N–H and O–H groups in total. The Kier molecular flexibility index (Phi) is 4.76. The molecule has 1 aromatic heterocycles. The largest absolute Gasteiger partial charge is 0.480 e. The summed E-state index contributed by atoms with van der Waals surface area (Å²) >= 11 is 0. The lowest BCUT2D eigenvalue weighted by atomic mass is 10.1. The maximum Gasteiger partial charge on any atom is 0.326 e. The van der Waals surface area contributed by atoms with Crippen molar-refractivity contribution in [3.8, 4) is 0 Å². The van der Waals surface area contributed by atoms with E-state index in [1.807, 2.05) is 13.8 Å². The van der Waals surface area contributed by atoms with Crippen LogP contribution in [0, 0.1) is 5.92 Å². The fourth-order valence-electron chi connectivity index (χ4n) is 2.35. The number of hydrogen-bond donors (Lipinski definition) is 2. The molecule has 1 fully saturated rings. The van der Waals surface area contributed by atoms with Crippen LogP contribution in [0.2, 0.25) is 0 Å². The van der Waals surface area contributed by atoms with E-state index in [0.29, 0.717) is 11.8 Å². The van der Waals surface area contributed by atoms with Crippen molar-refractivity contribution in [3.05, 3.63) is 12.3 Å². The lowest BCUT2D eigenvalue weighted by molar-refractivity contribution is -0.138. The molecule has 0 radical (unpaired) electrons. The molecule has 20 heavy (non-hydrogen) atoms. The van der Waals surface area contributed by atoms with E-state index in [4.69, 9.17) is 0 Å². The molecule has 1 aromatic rings. The van der Waals surface area contributed by atoms with Gasteiger partial charge in [-0.1, -0.05) is 13.8 Å². The van der Waals surface area contributed by atoms with E-state index in [1.54, 1.807) is 12.3 Å². The number of nitrogens with one attached hydrogen (secondary N) is 1. The highest BCUT2D eigenvalue weighted by atomic mass is 16.4. The number of hydrogen-bond acceptors (Lipinski definition) is 5. The van der Waals surface area contributed by atoms with Crippen molar-refractivity contribution in [3.63, 3.8) is 0 Å². The molecule has 1 aliphatic rings. The van der Waals surface area contributed by atoms with E-state index in [1.165, 1.54) is 6.42 Å². The molecular weight excluding hydrogens is 256 g/mol. The van der Waals surface area contributed by atoms with Gasteiger partial charge in [0.1, 0.15) is 11.9 Å². The zero-order chi connectivity index (χ0) is 14.5. The van der Waals surface area contributed by atoms with Crippen LogP contribution < -0.4 is 10.2 Å². The van der Waals surface area contributed by atoms with Crippen molar-refractivity contribution in [1.82, 2.24) is 9.97 Å². The van der Waals surface area contributed by atoms with Gasteiger partial charge in [0.2, 0.25) is 5.95 Å². The molecule has 0 saturated carbocycles. The number of rotatable bonds is 5. The Hall–Kier alpha value is -1.85. The average molecular weight is 278 g/mol. The second kappa shape index (κ2) is 6.54. The zero-order valence-electron chi connectivity index (χ0n) is 12.0. The van der Waals surface area contributed by atoms with Gasteiger partial charge in [0.05, 0.1) is 0 Å².